The van der Waals surface area contributed by atoms with Gasteiger partial charge in [0.25, 0.3) is 5.91 Å². The van der Waals surface area contributed by atoms with Gasteiger partial charge in [-0.1, -0.05) is 41.9 Å². The molecule has 0 aromatic heterocycles. The van der Waals surface area contributed by atoms with Crippen molar-refractivity contribution in [3.63, 3.8) is 0 Å². The second kappa shape index (κ2) is 6.99. The second-order valence-corrected chi connectivity index (χ2v) is 5.04. The molecule has 4 nitrogen and oxygen atoms in total. The van der Waals surface area contributed by atoms with Crippen LogP contribution in [0.2, 0.25) is 5.02 Å². The zero-order valence-electron chi connectivity index (χ0n) is 11.7. The summed E-state index contributed by atoms with van der Waals surface area (Å²) >= 11 is 6.10. The summed E-state index contributed by atoms with van der Waals surface area (Å²) in [6.07, 6.45) is 0. The first kappa shape index (κ1) is 15.2. The van der Waals surface area contributed by atoms with E-state index in [1.54, 1.807) is 24.3 Å². The average molecular weight is 305 g/mol. The fourth-order valence-corrected chi connectivity index (χ4v) is 2.24. The number of benzene rings is 2. The maximum absolute atomic E-state index is 11.9. The van der Waals surface area contributed by atoms with Crippen LogP contribution >= 0.6 is 11.6 Å². The van der Waals surface area contributed by atoms with Gasteiger partial charge in [-0.15, -0.1) is 0 Å². The zero-order chi connectivity index (χ0) is 15.2. The fourth-order valence-electron chi connectivity index (χ4n) is 1.94. The molecule has 3 N–H and O–H groups in total. The molecule has 1 amide bonds. The minimum atomic E-state index is -0.231. The highest BCUT2D eigenvalue weighted by Gasteiger charge is 2.12. The Labute approximate surface area is 128 Å². The van der Waals surface area contributed by atoms with E-state index in [9.17, 15) is 4.79 Å². The Morgan fingerprint density at radius 2 is 1.90 bits per heavy atom. The molecule has 0 heterocycles. The highest BCUT2D eigenvalue weighted by molar-refractivity contribution is 6.31. The molecule has 0 saturated heterocycles. The van der Waals surface area contributed by atoms with Gasteiger partial charge in [-0.3, -0.25) is 4.79 Å². The molecule has 110 valence electrons. The third kappa shape index (κ3) is 4.13. The molecule has 1 atom stereocenters. The number of para-hydroxylation sites is 2. The van der Waals surface area contributed by atoms with Crippen molar-refractivity contribution in [2.75, 3.05) is 12.3 Å². The van der Waals surface area contributed by atoms with Gasteiger partial charge in [-0.2, -0.15) is 0 Å². The van der Waals surface area contributed by atoms with Crippen molar-refractivity contribution in [3.05, 3.63) is 59.1 Å². The van der Waals surface area contributed by atoms with Crippen molar-refractivity contribution in [1.82, 2.24) is 5.32 Å². The van der Waals surface area contributed by atoms with E-state index >= 15 is 0 Å². The van der Waals surface area contributed by atoms with Gasteiger partial charge in [0.05, 0.1) is 11.7 Å². The summed E-state index contributed by atoms with van der Waals surface area (Å²) < 4.78 is 5.40. The fraction of sp³-hybridized carbons (Fsp3) is 0.188. The number of nitrogens with two attached hydrogens (primary N) is 1. The van der Waals surface area contributed by atoms with E-state index in [1.807, 2.05) is 31.2 Å². The molecule has 0 aliphatic heterocycles. The van der Waals surface area contributed by atoms with Gasteiger partial charge in [-0.05, 0) is 30.7 Å². The second-order valence-electron chi connectivity index (χ2n) is 4.64. The van der Waals surface area contributed by atoms with Crippen LogP contribution in [0, 0.1) is 0 Å². The van der Waals surface area contributed by atoms with E-state index in [0.29, 0.717) is 16.5 Å². The molecule has 2 rings (SSSR count). The lowest BCUT2D eigenvalue weighted by Gasteiger charge is -2.16. The Morgan fingerprint density at radius 1 is 1.24 bits per heavy atom. The van der Waals surface area contributed by atoms with Gasteiger partial charge in [-0.25, -0.2) is 0 Å². The van der Waals surface area contributed by atoms with Crippen molar-refractivity contribution in [2.24, 2.45) is 0 Å². The molecule has 21 heavy (non-hydrogen) atoms. The molecular weight excluding hydrogens is 288 g/mol. The number of anilines is 1. The minimum absolute atomic E-state index is 0.0942. The van der Waals surface area contributed by atoms with Crippen molar-refractivity contribution < 1.29 is 9.53 Å². The predicted octanol–water partition coefficient (Wildman–Crippen LogP) is 3.18. The number of carbonyl (C=O) groups is 1. The maximum atomic E-state index is 11.9. The van der Waals surface area contributed by atoms with E-state index in [1.165, 1.54) is 0 Å². The van der Waals surface area contributed by atoms with Crippen molar-refractivity contribution in [1.29, 1.82) is 0 Å². The molecule has 5 heteroatoms. The topological polar surface area (TPSA) is 64.3 Å². The van der Waals surface area contributed by atoms with Gasteiger partial charge in [0.15, 0.2) is 6.61 Å². The predicted molar refractivity (Wildman–Crippen MR) is 84.4 cm³/mol. The summed E-state index contributed by atoms with van der Waals surface area (Å²) in [4.78, 5) is 11.9. The standard InChI is InChI=1S/C16H17ClN2O2/c1-11(12-6-2-3-7-13(12)17)19-16(20)10-21-15-9-5-4-8-14(15)18/h2-9,11H,10,18H2,1H3,(H,19,20). The maximum Gasteiger partial charge on any atom is 0.258 e. The van der Waals surface area contributed by atoms with Crippen LogP contribution in [0.3, 0.4) is 0 Å². The van der Waals surface area contributed by atoms with Crippen LogP contribution in [0.4, 0.5) is 5.69 Å². The van der Waals surface area contributed by atoms with E-state index in [2.05, 4.69) is 5.32 Å². The van der Waals surface area contributed by atoms with Crippen LogP contribution in [0.5, 0.6) is 5.75 Å². The highest BCUT2D eigenvalue weighted by Crippen LogP contribution is 2.22. The van der Waals surface area contributed by atoms with E-state index in [0.717, 1.165) is 5.56 Å². The molecule has 1 unspecified atom stereocenters. The van der Waals surface area contributed by atoms with E-state index in [-0.39, 0.29) is 18.6 Å². The lowest BCUT2D eigenvalue weighted by Crippen LogP contribution is -2.31. The monoisotopic (exact) mass is 304 g/mol. The van der Waals surface area contributed by atoms with Crippen molar-refractivity contribution in [3.8, 4) is 5.75 Å². The van der Waals surface area contributed by atoms with Gasteiger partial charge < -0.3 is 15.8 Å². The smallest absolute Gasteiger partial charge is 0.258 e. The number of rotatable bonds is 5. The summed E-state index contributed by atoms with van der Waals surface area (Å²) in [6.45, 7) is 1.78. The molecule has 0 aliphatic rings. The van der Waals surface area contributed by atoms with E-state index in [4.69, 9.17) is 22.1 Å². The Balaban J connectivity index is 1.90. The third-order valence-corrected chi connectivity index (χ3v) is 3.37. The van der Waals surface area contributed by atoms with Crippen LogP contribution in [0.15, 0.2) is 48.5 Å². The molecule has 0 fully saturated rings. The molecular formula is C16H17ClN2O2. The summed E-state index contributed by atoms with van der Waals surface area (Å²) in [5.74, 6) is 0.267. The number of hydrogen-bond acceptors (Lipinski definition) is 3. The first-order valence-corrected chi connectivity index (χ1v) is 6.97. The molecule has 2 aromatic rings. The summed E-state index contributed by atoms with van der Waals surface area (Å²) in [6, 6.07) is 14.3. The summed E-state index contributed by atoms with van der Waals surface area (Å²) in [7, 11) is 0. The van der Waals surface area contributed by atoms with Gasteiger partial charge in [0, 0.05) is 5.02 Å². The number of nitrogen functional groups attached to an aromatic ring is 1. The Hall–Kier alpha value is -2.20. The quantitative estimate of drug-likeness (QED) is 0.834. The Morgan fingerprint density at radius 3 is 2.62 bits per heavy atom. The van der Waals surface area contributed by atoms with Crippen LogP contribution in [-0.2, 0) is 4.79 Å². The Kier molecular flexibility index (Phi) is 5.06. The molecule has 0 aliphatic carbocycles. The van der Waals surface area contributed by atoms with Crippen molar-refractivity contribution in [2.45, 2.75) is 13.0 Å². The van der Waals surface area contributed by atoms with Gasteiger partial charge >= 0.3 is 0 Å². The Bertz CT molecular complexity index is 631. The van der Waals surface area contributed by atoms with Crippen LogP contribution in [0.1, 0.15) is 18.5 Å². The molecule has 0 spiro atoms. The molecule has 0 bridgehead atoms. The highest BCUT2D eigenvalue weighted by atomic mass is 35.5. The lowest BCUT2D eigenvalue weighted by atomic mass is 10.1. The number of carbonyl (C=O) groups excluding carboxylic acids is 1. The van der Waals surface area contributed by atoms with E-state index < -0.39 is 0 Å². The van der Waals surface area contributed by atoms with Crippen LogP contribution in [0.25, 0.3) is 0 Å². The number of nitrogens with one attached hydrogen (secondary N) is 1. The molecule has 0 saturated carbocycles. The first-order chi connectivity index (χ1) is 10.1. The lowest BCUT2D eigenvalue weighted by molar-refractivity contribution is -0.123. The largest absolute Gasteiger partial charge is 0.482 e. The number of amides is 1. The normalized spacial score (nSPS) is 11.7. The van der Waals surface area contributed by atoms with Gasteiger partial charge in [0.1, 0.15) is 5.75 Å². The number of hydrogen-bond donors (Lipinski definition) is 2. The van der Waals surface area contributed by atoms with Crippen LogP contribution in [-0.4, -0.2) is 12.5 Å². The molecule has 2 aromatic carbocycles. The SMILES string of the molecule is CC(NC(=O)COc1ccccc1N)c1ccccc1Cl. The molecule has 0 radical (unpaired) electrons. The minimum Gasteiger partial charge on any atom is -0.482 e. The number of ether oxygens (including phenoxy) is 1. The number of halogens is 1. The van der Waals surface area contributed by atoms with Gasteiger partial charge in [0.2, 0.25) is 0 Å². The third-order valence-electron chi connectivity index (χ3n) is 3.03. The summed E-state index contributed by atoms with van der Waals surface area (Å²) in [5, 5.41) is 3.46. The van der Waals surface area contributed by atoms with Crippen LogP contribution < -0.4 is 15.8 Å². The average Bonchev–Trinajstić information content (AvgIpc) is 2.46. The summed E-state index contributed by atoms with van der Waals surface area (Å²) in [5.41, 5.74) is 7.12. The van der Waals surface area contributed by atoms with Crippen molar-refractivity contribution >= 4 is 23.2 Å². The first-order valence-electron chi connectivity index (χ1n) is 6.59. The zero-order valence-corrected chi connectivity index (χ0v) is 12.4.